The Morgan fingerprint density at radius 2 is 1.90 bits per heavy atom. The fourth-order valence-electron chi connectivity index (χ4n) is 4.31. The van der Waals surface area contributed by atoms with Crippen LogP contribution in [0.1, 0.15) is 36.3 Å². The minimum absolute atomic E-state index is 0.00903. The number of carbonyl (C=O) groups excluding carboxylic acids is 1. The summed E-state index contributed by atoms with van der Waals surface area (Å²) < 4.78 is 51.9. The molecule has 3 unspecified atom stereocenters. The van der Waals surface area contributed by atoms with Gasteiger partial charge in [-0.15, -0.1) is 0 Å². The number of hydrogen-bond donors (Lipinski definition) is 1. The molecule has 1 saturated carbocycles. The van der Waals surface area contributed by atoms with E-state index in [2.05, 4.69) is 4.72 Å². The molecule has 2 aliphatic rings. The zero-order chi connectivity index (χ0) is 21.5. The van der Waals surface area contributed by atoms with Crippen LogP contribution < -0.4 is 4.72 Å². The van der Waals surface area contributed by atoms with Gasteiger partial charge < -0.3 is 4.90 Å². The van der Waals surface area contributed by atoms with Gasteiger partial charge >= 0.3 is 0 Å². The summed E-state index contributed by atoms with van der Waals surface area (Å²) >= 11 is 0. The second-order valence-corrected chi connectivity index (χ2v) is 9.90. The van der Waals surface area contributed by atoms with E-state index in [9.17, 15) is 22.0 Å². The van der Waals surface area contributed by atoms with Crippen LogP contribution in [0.25, 0.3) is 11.1 Å². The van der Waals surface area contributed by atoms with Gasteiger partial charge in [-0.25, -0.2) is 21.9 Å². The lowest BCUT2D eigenvalue weighted by Crippen LogP contribution is -2.38. The number of likely N-dealkylation sites (tertiary alicyclic amines) is 1. The topological polar surface area (TPSA) is 66.5 Å². The van der Waals surface area contributed by atoms with Crippen molar-refractivity contribution in [2.45, 2.75) is 31.2 Å². The second kappa shape index (κ2) is 8.07. The van der Waals surface area contributed by atoms with Gasteiger partial charge in [0.25, 0.3) is 6.43 Å². The summed E-state index contributed by atoms with van der Waals surface area (Å²) in [5.74, 6) is -0.196. The van der Waals surface area contributed by atoms with Crippen molar-refractivity contribution < 1.29 is 22.0 Å². The molecule has 0 radical (unpaired) electrons. The Morgan fingerprint density at radius 1 is 1.17 bits per heavy atom. The fourth-order valence-corrected chi connectivity index (χ4v) is 5.10. The lowest BCUT2D eigenvalue weighted by Gasteiger charge is -2.17. The van der Waals surface area contributed by atoms with E-state index in [1.807, 2.05) is 30.3 Å². The van der Waals surface area contributed by atoms with Crippen LogP contribution >= 0.6 is 0 Å². The second-order valence-electron chi connectivity index (χ2n) is 8.12. The number of hydrogen-bond acceptors (Lipinski definition) is 3. The number of halogens is 2. The molecule has 3 atom stereocenters. The molecule has 1 N–H and O–H groups in total. The van der Waals surface area contributed by atoms with Crippen molar-refractivity contribution >= 4 is 15.9 Å². The number of carbonyl (C=O) groups is 1. The highest BCUT2D eigenvalue weighted by Crippen LogP contribution is 2.51. The van der Waals surface area contributed by atoms with Crippen molar-refractivity contribution in [2.75, 3.05) is 19.3 Å². The molecule has 1 aliphatic heterocycles. The third-order valence-electron chi connectivity index (χ3n) is 5.80. The van der Waals surface area contributed by atoms with E-state index >= 15 is 0 Å². The third-order valence-corrected chi connectivity index (χ3v) is 6.56. The van der Waals surface area contributed by atoms with Crippen LogP contribution in [0.5, 0.6) is 0 Å². The number of nitrogens with zero attached hydrogens (tertiary/aromatic N) is 1. The van der Waals surface area contributed by atoms with Crippen LogP contribution in [-0.4, -0.2) is 44.6 Å². The number of benzene rings is 2. The Hall–Kier alpha value is -2.32. The van der Waals surface area contributed by atoms with Crippen LogP contribution in [0.2, 0.25) is 0 Å². The quantitative estimate of drug-likeness (QED) is 0.756. The number of sulfonamides is 1. The van der Waals surface area contributed by atoms with Crippen molar-refractivity contribution in [1.29, 1.82) is 0 Å². The van der Waals surface area contributed by atoms with Gasteiger partial charge in [0.15, 0.2) is 0 Å². The average Bonchev–Trinajstić information content (AvgIpc) is 3.37. The Morgan fingerprint density at radius 3 is 2.57 bits per heavy atom. The van der Waals surface area contributed by atoms with Gasteiger partial charge in [-0.3, -0.25) is 4.79 Å². The van der Waals surface area contributed by atoms with Crippen LogP contribution in [0.15, 0.2) is 48.5 Å². The zero-order valence-corrected chi connectivity index (χ0v) is 17.4. The first-order chi connectivity index (χ1) is 14.2. The average molecular weight is 435 g/mol. The number of nitrogens with one attached hydrogen (secondary N) is 1. The van der Waals surface area contributed by atoms with E-state index in [-0.39, 0.29) is 29.3 Å². The van der Waals surface area contributed by atoms with E-state index < -0.39 is 16.4 Å². The minimum atomic E-state index is -3.31. The summed E-state index contributed by atoms with van der Waals surface area (Å²) in [6.45, 7) is 0.885. The number of alkyl halides is 2. The molecule has 2 fully saturated rings. The van der Waals surface area contributed by atoms with Gasteiger partial charge in [0, 0.05) is 30.6 Å². The van der Waals surface area contributed by atoms with E-state index in [4.69, 9.17) is 0 Å². The van der Waals surface area contributed by atoms with Crippen LogP contribution in [-0.2, 0) is 14.8 Å². The zero-order valence-electron chi connectivity index (χ0n) is 16.6. The van der Waals surface area contributed by atoms with Crippen molar-refractivity contribution in [3.05, 3.63) is 59.7 Å². The first-order valence-electron chi connectivity index (χ1n) is 9.96. The monoisotopic (exact) mass is 434 g/mol. The summed E-state index contributed by atoms with van der Waals surface area (Å²) in [6, 6.07) is 13.8. The van der Waals surface area contributed by atoms with Gasteiger partial charge in [0.2, 0.25) is 15.9 Å². The molecule has 0 spiro atoms. The van der Waals surface area contributed by atoms with Crippen molar-refractivity contribution in [3.63, 3.8) is 0 Å². The highest BCUT2D eigenvalue weighted by atomic mass is 32.2. The lowest BCUT2D eigenvalue weighted by molar-refractivity contribution is -0.131. The molecule has 2 aromatic rings. The molecule has 1 aliphatic carbocycles. The van der Waals surface area contributed by atoms with Crippen LogP contribution in [0.4, 0.5) is 8.78 Å². The predicted molar refractivity (Wildman–Crippen MR) is 111 cm³/mol. The standard InChI is InChI=1S/C22H24F2N2O3S/c1-30(28,29)25-16-9-10-26(13-16)22(27)20-12-19(20)17-8-7-15(21(23)24)11-18(17)14-5-3-2-4-6-14/h2-8,11,16,19-21,25H,9-10,12-13H2,1H3. The molecule has 1 saturated heterocycles. The maximum Gasteiger partial charge on any atom is 0.263 e. The molecule has 30 heavy (non-hydrogen) atoms. The van der Waals surface area contributed by atoms with Crippen LogP contribution in [0, 0.1) is 5.92 Å². The van der Waals surface area contributed by atoms with Gasteiger partial charge in [-0.1, -0.05) is 42.5 Å². The Labute approximate surface area is 175 Å². The van der Waals surface area contributed by atoms with Gasteiger partial charge in [0.05, 0.1) is 6.26 Å². The molecular formula is C22H24F2N2O3S. The molecule has 4 rings (SSSR count). The molecule has 1 heterocycles. The minimum Gasteiger partial charge on any atom is -0.341 e. The molecule has 5 nitrogen and oxygen atoms in total. The van der Waals surface area contributed by atoms with Gasteiger partial charge in [-0.05, 0) is 41.5 Å². The van der Waals surface area contributed by atoms with Crippen molar-refractivity contribution in [1.82, 2.24) is 9.62 Å². The van der Waals surface area contributed by atoms with Crippen molar-refractivity contribution in [3.8, 4) is 11.1 Å². The SMILES string of the molecule is CS(=O)(=O)NC1CCN(C(=O)C2CC2c2ccc(C(F)F)cc2-c2ccccc2)C1. The smallest absolute Gasteiger partial charge is 0.263 e. The normalized spacial score (nSPS) is 23.7. The Bertz CT molecular complexity index is 1040. The Balaban J connectivity index is 1.52. The van der Waals surface area contributed by atoms with Gasteiger partial charge in [-0.2, -0.15) is 0 Å². The molecule has 8 heteroatoms. The maximum absolute atomic E-state index is 13.3. The largest absolute Gasteiger partial charge is 0.341 e. The molecule has 0 aromatic heterocycles. The third kappa shape index (κ3) is 4.54. The maximum atomic E-state index is 13.3. The highest BCUT2D eigenvalue weighted by Gasteiger charge is 2.47. The molecule has 160 valence electrons. The first kappa shape index (κ1) is 20.9. The molecular weight excluding hydrogens is 410 g/mol. The summed E-state index contributed by atoms with van der Waals surface area (Å²) in [6.07, 6.45) is -0.174. The predicted octanol–water partition coefficient (Wildman–Crippen LogP) is 3.54. The summed E-state index contributed by atoms with van der Waals surface area (Å²) in [4.78, 5) is 14.7. The first-order valence-corrected chi connectivity index (χ1v) is 11.9. The summed E-state index contributed by atoms with van der Waals surface area (Å²) in [5, 5.41) is 0. The Kier molecular flexibility index (Phi) is 5.63. The van der Waals surface area contributed by atoms with E-state index in [0.717, 1.165) is 22.9 Å². The molecule has 1 amide bonds. The number of rotatable bonds is 6. The van der Waals surface area contributed by atoms with E-state index in [0.29, 0.717) is 25.9 Å². The van der Waals surface area contributed by atoms with Gasteiger partial charge in [0.1, 0.15) is 0 Å². The van der Waals surface area contributed by atoms with E-state index in [1.165, 1.54) is 12.1 Å². The van der Waals surface area contributed by atoms with E-state index in [1.54, 1.807) is 11.0 Å². The number of amides is 1. The summed E-state index contributed by atoms with van der Waals surface area (Å²) in [5.41, 5.74) is 2.47. The summed E-state index contributed by atoms with van der Waals surface area (Å²) in [7, 11) is -3.31. The lowest BCUT2D eigenvalue weighted by atomic mass is 9.94. The fraction of sp³-hybridized carbons (Fsp3) is 0.409. The van der Waals surface area contributed by atoms with Crippen molar-refractivity contribution in [2.24, 2.45) is 5.92 Å². The highest BCUT2D eigenvalue weighted by molar-refractivity contribution is 7.88. The molecule has 2 aromatic carbocycles. The molecule has 0 bridgehead atoms. The van der Waals surface area contributed by atoms with Crippen LogP contribution in [0.3, 0.4) is 0 Å².